The molecule has 1 aromatic carbocycles. The lowest BCUT2D eigenvalue weighted by atomic mass is 9.95. The molecule has 2 atom stereocenters. The first-order valence-electron chi connectivity index (χ1n) is 10.5. The molecule has 29 heavy (non-hydrogen) atoms. The van der Waals surface area contributed by atoms with Gasteiger partial charge in [-0.1, -0.05) is 18.6 Å². The smallest absolute Gasteiger partial charge is 0.305 e. The molecule has 0 aliphatic carbocycles. The Morgan fingerprint density at radius 3 is 2.55 bits per heavy atom. The summed E-state index contributed by atoms with van der Waals surface area (Å²) in [5.74, 6) is 0. The van der Waals surface area contributed by atoms with E-state index in [0.29, 0.717) is 24.1 Å². The van der Waals surface area contributed by atoms with Gasteiger partial charge in [-0.2, -0.15) is 0 Å². The lowest BCUT2D eigenvalue weighted by Crippen LogP contribution is -2.44. The summed E-state index contributed by atoms with van der Waals surface area (Å²) < 4.78 is 25.8. The van der Waals surface area contributed by atoms with Gasteiger partial charge in [0.05, 0.1) is 24.2 Å². The third kappa shape index (κ3) is 4.64. The number of nitrogens with zero attached hydrogens (tertiary/aromatic N) is 3. The lowest BCUT2D eigenvalue weighted by Gasteiger charge is -2.38. The van der Waals surface area contributed by atoms with Crippen LogP contribution in [0.1, 0.15) is 46.5 Å². The van der Waals surface area contributed by atoms with Crippen molar-refractivity contribution in [2.75, 3.05) is 20.3 Å². The largest absolute Gasteiger partial charge is 0.385 e. The summed E-state index contributed by atoms with van der Waals surface area (Å²) in [5, 5.41) is 0. The number of piperidine rings is 1. The van der Waals surface area contributed by atoms with Crippen LogP contribution in [-0.4, -0.2) is 46.8 Å². The van der Waals surface area contributed by atoms with Crippen LogP contribution in [0, 0.1) is 0 Å². The van der Waals surface area contributed by atoms with Crippen LogP contribution in [-0.2, 0) is 20.2 Å². The summed E-state index contributed by atoms with van der Waals surface area (Å²) in [6.07, 6.45) is 4.39. The molecule has 1 saturated heterocycles. The molecule has 8 heteroatoms. The van der Waals surface area contributed by atoms with Crippen molar-refractivity contribution in [3.05, 3.63) is 34.6 Å². The van der Waals surface area contributed by atoms with E-state index in [2.05, 4.69) is 23.9 Å². The molecule has 1 fully saturated rings. The number of para-hydroxylation sites is 2. The maximum atomic E-state index is 13.4. The Balaban J connectivity index is 2.02. The van der Waals surface area contributed by atoms with Gasteiger partial charge in [0.25, 0.3) is 5.56 Å². The summed E-state index contributed by atoms with van der Waals surface area (Å²) >= 11 is 0. The molecule has 0 saturated carbocycles. The average molecular weight is 421 g/mol. The van der Waals surface area contributed by atoms with Crippen molar-refractivity contribution in [3.63, 3.8) is 0 Å². The molecule has 1 aliphatic rings. The molecule has 7 nitrogen and oxygen atoms in total. The van der Waals surface area contributed by atoms with E-state index in [1.54, 1.807) is 18.4 Å². The number of aromatic nitrogens is 2. The van der Waals surface area contributed by atoms with Crippen molar-refractivity contribution >= 4 is 24.1 Å². The highest BCUT2D eigenvalue weighted by Crippen LogP contribution is 2.45. The molecule has 2 aromatic rings. The van der Waals surface area contributed by atoms with Gasteiger partial charge in [0.2, 0.25) is 5.44 Å². The number of hydrogen-bond donors (Lipinski definition) is 0. The van der Waals surface area contributed by atoms with E-state index in [1.807, 2.05) is 24.3 Å². The average Bonchev–Trinajstić information content (AvgIpc) is 2.70. The first-order chi connectivity index (χ1) is 13.9. The Labute approximate surface area is 172 Å². The van der Waals surface area contributed by atoms with Gasteiger partial charge in [-0.25, -0.2) is 4.98 Å². The van der Waals surface area contributed by atoms with Gasteiger partial charge in [0.15, 0.2) is 0 Å². The SMILES string of the molecule is CCOP(=O)(OCC)c1nc2ccccc2n(CC[C@H]2CCC[C@@H](C)N2C)c1=O. The van der Waals surface area contributed by atoms with Crippen LogP contribution in [0.25, 0.3) is 11.0 Å². The quantitative estimate of drug-likeness (QED) is 0.607. The number of benzene rings is 1. The minimum Gasteiger partial charge on any atom is -0.305 e. The van der Waals surface area contributed by atoms with E-state index in [-0.39, 0.29) is 24.2 Å². The number of fused-ring (bicyclic) bond motifs is 1. The van der Waals surface area contributed by atoms with Gasteiger partial charge in [0, 0.05) is 18.6 Å². The lowest BCUT2D eigenvalue weighted by molar-refractivity contribution is 0.116. The normalized spacial score (nSPS) is 21.0. The van der Waals surface area contributed by atoms with Crippen LogP contribution >= 0.6 is 7.60 Å². The van der Waals surface area contributed by atoms with E-state index in [9.17, 15) is 9.36 Å². The molecular weight excluding hydrogens is 389 g/mol. The molecule has 2 heterocycles. The third-order valence-electron chi connectivity index (χ3n) is 5.81. The van der Waals surface area contributed by atoms with Crippen LogP contribution in [0.2, 0.25) is 0 Å². The van der Waals surface area contributed by atoms with Gasteiger partial charge in [0.1, 0.15) is 0 Å². The van der Waals surface area contributed by atoms with Crippen molar-refractivity contribution < 1.29 is 13.6 Å². The Hall–Kier alpha value is -1.53. The summed E-state index contributed by atoms with van der Waals surface area (Å²) in [4.78, 5) is 20.2. The zero-order valence-electron chi connectivity index (χ0n) is 17.8. The number of likely N-dealkylation sites (tertiary alicyclic amines) is 1. The van der Waals surface area contributed by atoms with E-state index < -0.39 is 7.60 Å². The van der Waals surface area contributed by atoms with Crippen molar-refractivity contribution in [2.24, 2.45) is 0 Å². The van der Waals surface area contributed by atoms with Crippen LogP contribution in [0.3, 0.4) is 0 Å². The number of hydrogen-bond acceptors (Lipinski definition) is 6. The second-order valence-corrected chi connectivity index (χ2v) is 9.54. The Morgan fingerprint density at radius 2 is 1.86 bits per heavy atom. The monoisotopic (exact) mass is 421 g/mol. The minimum atomic E-state index is -3.77. The second kappa shape index (κ2) is 9.52. The maximum Gasteiger partial charge on any atom is 0.385 e. The third-order valence-corrected chi connectivity index (χ3v) is 7.82. The molecule has 3 rings (SSSR count). The van der Waals surface area contributed by atoms with E-state index in [1.165, 1.54) is 12.8 Å². The molecule has 1 aromatic heterocycles. The Morgan fingerprint density at radius 1 is 1.17 bits per heavy atom. The van der Waals surface area contributed by atoms with E-state index in [0.717, 1.165) is 18.4 Å². The molecule has 0 N–H and O–H groups in total. The molecular formula is C21H32N3O4P. The fourth-order valence-electron chi connectivity index (χ4n) is 4.12. The Bertz CT molecular complexity index is 935. The van der Waals surface area contributed by atoms with E-state index >= 15 is 0 Å². The summed E-state index contributed by atoms with van der Waals surface area (Å²) in [7, 11) is -1.61. The summed E-state index contributed by atoms with van der Waals surface area (Å²) in [6.45, 7) is 6.59. The predicted molar refractivity (Wildman–Crippen MR) is 116 cm³/mol. The topological polar surface area (TPSA) is 73.7 Å². The molecule has 0 unspecified atom stereocenters. The van der Waals surface area contributed by atoms with Crippen LogP contribution in [0.15, 0.2) is 29.1 Å². The van der Waals surface area contributed by atoms with Crippen LogP contribution < -0.4 is 11.0 Å². The molecule has 0 amide bonds. The fourth-order valence-corrected chi connectivity index (χ4v) is 5.71. The van der Waals surface area contributed by atoms with E-state index in [4.69, 9.17) is 9.05 Å². The standard InChI is InChI=1S/C21H32N3O4P/c1-5-27-29(26,28-6-2)20-21(25)24(19-13-8-7-12-18(19)22-20)15-14-17-11-9-10-16(3)23(17)4/h7-8,12-13,16-17H,5-6,9-11,14-15H2,1-4H3/t16-,17-/m1/s1. The van der Waals surface area contributed by atoms with Gasteiger partial charge in [-0.3, -0.25) is 9.36 Å². The highest BCUT2D eigenvalue weighted by molar-refractivity contribution is 7.61. The van der Waals surface area contributed by atoms with Crippen molar-refractivity contribution in [2.45, 2.75) is 65.1 Å². The van der Waals surface area contributed by atoms with Gasteiger partial charge >= 0.3 is 7.60 Å². The fraction of sp³-hybridized carbons (Fsp3) is 0.619. The highest BCUT2D eigenvalue weighted by atomic mass is 31.2. The zero-order valence-corrected chi connectivity index (χ0v) is 18.7. The molecule has 0 radical (unpaired) electrons. The van der Waals surface area contributed by atoms with Crippen molar-refractivity contribution in [1.29, 1.82) is 0 Å². The molecule has 0 spiro atoms. The zero-order chi connectivity index (χ0) is 21.0. The van der Waals surface area contributed by atoms with Crippen LogP contribution in [0.4, 0.5) is 0 Å². The molecule has 160 valence electrons. The highest BCUT2D eigenvalue weighted by Gasteiger charge is 2.34. The number of rotatable bonds is 8. The first kappa shape index (κ1) is 22.2. The van der Waals surface area contributed by atoms with Crippen molar-refractivity contribution in [1.82, 2.24) is 14.5 Å². The minimum absolute atomic E-state index is 0.120. The molecule has 0 bridgehead atoms. The van der Waals surface area contributed by atoms with Gasteiger partial charge in [-0.15, -0.1) is 0 Å². The maximum absolute atomic E-state index is 13.4. The number of aryl methyl sites for hydroxylation is 1. The van der Waals surface area contributed by atoms with Gasteiger partial charge < -0.3 is 18.5 Å². The summed E-state index contributed by atoms with van der Waals surface area (Å²) in [5.41, 5.74) is 0.852. The van der Waals surface area contributed by atoms with Crippen LogP contribution in [0.5, 0.6) is 0 Å². The predicted octanol–water partition coefficient (Wildman–Crippen LogP) is 3.55. The second-order valence-electron chi connectivity index (χ2n) is 7.60. The molecule has 1 aliphatic heterocycles. The Kier molecular flexibility index (Phi) is 7.28. The summed E-state index contributed by atoms with van der Waals surface area (Å²) in [6, 6.07) is 8.42. The van der Waals surface area contributed by atoms with Gasteiger partial charge in [-0.05, 0) is 59.2 Å². The van der Waals surface area contributed by atoms with Crippen molar-refractivity contribution in [3.8, 4) is 0 Å². The first-order valence-corrected chi connectivity index (χ1v) is 12.1.